The Bertz CT molecular complexity index is 397. The highest BCUT2D eigenvalue weighted by atomic mass is 35.5. The lowest BCUT2D eigenvalue weighted by atomic mass is 9.78. The van der Waals surface area contributed by atoms with Gasteiger partial charge in [0.2, 0.25) is 0 Å². The highest BCUT2D eigenvalue weighted by Gasteiger charge is 2.41. The van der Waals surface area contributed by atoms with Crippen molar-refractivity contribution in [3.8, 4) is 0 Å². The van der Waals surface area contributed by atoms with Crippen LogP contribution in [0.2, 0.25) is 0 Å². The molecule has 0 saturated heterocycles. The third kappa shape index (κ3) is 2.55. The van der Waals surface area contributed by atoms with Gasteiger partial charge in [-0.25, -0.2) is 0 Å². The van der Waals surface area contributed by atoms with Gasteiger partial charge in [-0.05, 0) is 23.8 Å². The van der Waals surface area contributed by atoms with Crippen molar-refractivity contribution in [1.82, 2.24) is 0 Å². The first-order chi connectivity index (χ1) is 8.02. The van der Waals surface area contributed by atoms with E-state index < -0.39 is 5.38 Å². The van der Waals surface area contributed by atoms with E-state index in [0.717, 1.165) is 24.8 Å². The zero-order chi connectivity index (χ0) is 12.5. The lowest BCUT2D eigenvalue weighted by molar-refractivity contribution is -0.125. The number of halogens is 1. The van der Waals surface area contributed by atoms with Crippen molar-refractivity contribution >= 4 is 17.4 Å². The van der Waals surface area contributed by atoms with Crippen molar-refractivity contribution in [2.24, 2.45) is 11.3 Å². The molecule has 0 amide bonds. The number of alkyl halides is 1. The van der Waals surface area contributed by atoms with Crippen LogP contribution in [0.25, 0.3) is 0 Å². The van der Waals surface area contributed by atoms with Crippen LogP contribution in [0.1, 0.15) is 44.1 Å². The topological polar surface area (TPSA) is 17.1 Å². The molecule has 17 heavy (non-hydrogen) atoms. The molecule has 1 nitrogen and oxygen atoms in total. The van der Waals surface area contributed by atoms with Crippen LogP contribution < -0.4 is 0 Å². The van der Waals surface area contributed by atoms with Crippen molar-refractivity contribution in [3.05, 3.63) is 35.9 Å². The van der Waals surface area contributed by atoms with Crippen molar-refractivity contribution < 1.29 is 4.79 Å². The summed E-state index contributed by atoms with van der Waals surface area (Å²) in [5.41, 5.74) is 1.03. The molecule has 1 aromatic carbocycles. The van der Waals surface area contributed by atoms with Gasteiger partial charge in [-0.3, -0.25) is 4.79 Å². The van der Waals surface area contributed by atoms with Gasteiger partial charge in [0, 0.05) is 5.92 Å². The summed E-state index contributed by atoms with van der Waals surface area (Å²) in [6, 6.07) is 9.65. The first-order valence-corrected chi connectivity index (χ1v) is 6.69. The predicted molar refractivity (Wildman–Crippen MR) is 71.2 cm³/mol. The maximum absolute atomic E-state index is 12.4. The number of rotatable bonds is 3. The van der Waals surface area contributed by atoms with Crippen LogP contribution in [0.4, 0.5) is 0 Å². The SMILES string of the molecule is CC1(C)CCCC1C(=O)C(Cl)c1ccccc1. The molecule has 0 bridgehead atoms. The molecule has 2 heteroatoms. The minimum atomic E-state index is -0.487. The third-order valence-electron chi connectivity index (χ3n) is 3.94. The van der Waals surface area contributed by atoms with E-state index in [0.29, 0.717) is 0 Å². The molecular weight excluding hydrogens is 232 g/mol. The van der Waals surface area contributed by atoms with Gasteiger partial charge in [0.25, 0.3) is 0 Å². The van der Waals surface area contributed by atoms with Crippen molar-refractivity contribution in [2.75, 3.05) is 0 Å². The molecule has 2 atom stereocenters. The van der Waals surface area contributed by atoms with E-state index in [1.165, 1.54) is 0 Å². The minimum absolute atomic E-state index is 0.110. The molecule has 92 valence electrons. The fourth-order valence-corrected chi connectivity index (χ4v) is 3.11. The number of carbonyl (C=O) groups excluding carboxylic acids is 1. The fraction of sp³-hybridized carbons (Fsp3) is 0.533. The maximum atomic E-state index is 12.4. The Balaban J connectivity index is 2.16. The molecule has 0 aromatic heterocycles. The molecule has 0 aliphatic heterocycles. The highest BCUT2D eigenvalue weighted by molar-refractivity contribution is 6.31. The standard InChI is InChI=1S/C15H19ClO/c1-15(2)10-6-9-12(15)14(17)13(16)11-7-4-3-5-8-11/h3-5,7-8,12-13H,6,9-10H2,1-2H3. The molecule has 0 N–H and O–H groups in total. The molecule has 0 heterocycles. The molecule has 1 saturated carbocycles. The minimum Gasteiger partial charge on any atom is -0.297 e. The van der Waals surface area contributed by atoms with Gasteiger partial charge in [-0.2, -0.15) is 0 Å². The summed E-state index contributed by atoms with van der Waals surface area (Å²) in [5.74, 6) is 0.311. The number of Topliss-reactive ketones (excluding diaryl/α,β-unsaturated/α-hetero) is 1. The number of carbonyl (C=O) groups is 1. The lowest BCUT2D eigenvalue weighted by Crippen LogP contribution is -2.28. The number of ketones is 1. The van der Waals surface area contributed by atoms with Gasteiger partial charge < -0.3 is 0 Å². The van der Waals surface area contributed by atoms with Gasteiger partial charge >= 0.3 is 0 Å². The van der Waals surface area contributed by atoms with Gasteiger partial charge in [0.1, 0.15) is 5.38 Å². The Morgan fingerprint density at radius 2 is 2.00 bits per heavy atom. The summed E-state index contributed by atoms with van der Waals surface area (Å²) in [7, 11) is 0. The van der Waals surface area contributed by atoms with Gasteiger partial charge in [-0.1, -0.05) is 50.6 Å². The largest absolute Gasteiger partial charge is 0.297 e. The predicted octanol–water partition coefficient (Wildman–Crippen LogP) is 4.36. The van der Waals surface area contributed by atoms with Crippen LogP contribution in [0.15, 0.2) is 30.3 Å². The van der Waals surface area contributed by atoms with E-state index in [1.807, 2.05) is 30.3 Å². The smallest absolute Gasteiger partial charge is 0.158 e. The molecule has 0 spiro atoms. The first-order valence-electron chi connectivity index (χ1n) is 6.25. The molecule has 1 aliphatic carbocycles. The molecular formula is C15H19ClO. The molecule has 1 aliphatic rings. The van der Waals surface area contributed by atoms with Crippen LogP contribution >= 0.6 is 11.6 Å². The average molecular weight is 251 g/mol. The Kier molecular flexibility index (Phi) is 3.58. The second-order valence-electron chi connectivity index (χ2n) is 5.61. The van der Waals surface area contributed by atoms with E-state index in [2.05, 4.69) is 13.8 Å². The van der Waals surface area contributed by atoms with Crippen LogP contribution in [0, 0.1) is 11.3 Å². The Labute approximate surface area is 108 Å². The van der Waals surface area contributed by atoms with Gasteiger partial charge in [0.15, 0.2) is 5.78 Å². The van der Waals surface area contributed by atoms with Crippen LogP contribution in [0.5, 0.6) is 0 Å². The van der Waals surface area contributed by atoms with Gasteiger partial charge in [-0.15, -0.1) is 11.6 Å². The van der Waals surface area contributed by atoms with Crippen LogP contribution in [-0.4, -0.2) is 5.78 Å². The molecule has 1 aromatic rings. The normalized spacial score (nSPS) is 24.5. The summed E-state index contributed by atoms with van der Waals surface area (Å²) >= 11 is 6.31. The van der Waals surface area contributed by atoms with Crippen molar-refractivity contribution in [2.45, 2.75) is 38.5 Å². The zero-order valence-electron chi connectivity index (χ0n) is 10.4. The Morgan fingerprint density at radius 3 is 2.53 bits per heavy atom. The first kappa shape index (κ1) is 12.6. The zero-order valence-corrected chi connectivity index (χ0v) is 11.2. The Morgan fingerprint density at radius 1 is 1.35 bits per heavy atom. The second kappa shape index (κ2) is 4.81. The monoisotopic (exact) mass is 250 g/mol. The molecule has 2 unspecified atom stereocenters. The van der Waals surface area contributed by atoms with E-state index in [4.69, 9.17) is 11.6 Å². The van der Waals surface area contributed by atoms with Crippen LogP contribution in [0.3, 0.4) is 0 Å². The number of benzene rings is 1. The number of hydrogen-bond donors (Lipinski definition) is 0. The average Bonchev–Trinajstić information content (AvgIpc) is 2.68. The molecule has 1 fully saturated rings. The lowest BCUT2D eigenvalue weighted by Gasteiger charge is -2.27. The second-order valence-corrected chi connectivity index (χ2v) is 6.05. The molecule has 2 rings (SSSR count). The summed E-state index contributed by atoms with van der Waals surface area (Å²) in [5, 5.41) is -0.487. The quantitative estimate of drug-likeness (QED) is 0.729. The van der Waals surface area contributed by atoms with Gasteiger partial charge in [0.05, 0.1) is 0 Å². The summed E-state index contributed by atoms with van der Waals surface area (Å²) in [4.78, 5) is 12.4. The van der Waals surface area contributed by atoms with E-state index >= 15 is 0 Å². The highest BCUT2D eigenvalue weighted by Crippen LogP contribution is 2.45. The fourth-order valence-electron chi connectivity index (χ4n) is 2.82. The Hall–Kier alpha value is -0.820. The maximum Gasteiger partial charge on any atom is 0.158 e. The third-order valence-corrected chi connectivity index (χ3v) is 4.41. The van der Waals surface area contributed by atoms with Crippen molar-refractivity contribution in [3.63, 3.8) is 0 Å². The summed E-state index contributed by atoms with van der Waals surface area (Å²) < 4.78 is 0. The summed E-state index contributed by atoms with van der Waals surface area (Å²) in [6.45, 7) is 4.36. The van der Waals surface area contributed by atoms with Crippen LogP contribution in [-0.2, 0) is 4.79 Å². The summed E-state index contributed by atoms with van der Waals surface area (Å²) in [6.07, 6.45) is 3.26. The van der Waals surface area contributed by atoms with Crippen molar-refractivity contribution in [1.29, 1.82) is 0 Å². The van der Waals surface area contributed by atoms with E-state index in [9.17, 15) is 4.79 Å². The number of hydrogen-bond acceptors (Lipinski definition) is 1. The van der Waals surface area contributed by atoms with E-state index in [1.54, 1.807) is 0 Å². The molecule has 0 radical (unpaired) electrons. The van der Waals surface area contributed by atoms with E-state index in [-0.39, 0.29) is 17.1 Å².